The van der Waals surface area contributed by atoms with Crippen LogP contribution in [0, 0.1) is 0 Å². The third kappa shape index (κ3) is 5.59. The van der Waals surface area contributed by atoms with Crippen LogP contribution in [0.4, 0.5) is 0 Å². The number of benzene rings is 1. The van der Waals surface area contributed by atoms with Crippen LogP contribution in [0.2, 0.25) is 0 Å². The van der Waals surface area contributed by atoms with E-state index in [0.29, 0.717) is 5.56 Å². The van der Waals surface area contributed by atoms with E-state index in [1.165, 1.54) is 6.92 Å². The van der Waals surface area contributed by atoms with Crippen molar-refractivity contribution >= 4 is 12.3 Å². The first kappa shape index (κ1) is 13.3. The number of nitrogens with one attached hydrogen (secondary N) is 1. The summed E-state index contributed by atoms with van der Waals surface area (Å²) in [6, 6.07) is 6.82. The van der Waals surface area contributed by atoms with Crippen LogP contribution in [-0.2, 0) is 11.3 Å². The SMILES string of the molecule is CC=O.CNCc1ccc(C(=O)O)cc1. The molecule has 0 aliphatic heterocycles. The molecule has 0 amide bonds. The summed E-state index contributed by atoms with van der Waals surface area (Å²) in [5, 5.41) is 11.6. The summed E-state index contributed by atoms with van der Waals surface area (Å²) in [5.74, 6) is -0.883. The van der Waals surface area contributed by atoms with E-state index in [0.717, 1.165) is 18.4 Å². The Balaban J connectivity index is 0.000000583. The lowest BCUT2D eigenvalue weighted by atomic mass is 10.1. The molecule has 4 nitrogen and oxygen atoms in total. The van der Waals surface area contributed by atoms with E-state index in [1.54, 1.807) is 24.3 Å². The van der Waals surface area contributed by atoms with Gasteiger partial charge in [0.15, 0.2) is 0 Å². The highest BCUT2D eigenvalue weighted by Gasteiger charge is 2.00. The molecule has 0 atom stereocenters. The highest BCUT2D eigenvalue weighted by molar-refractivity contribution is 5.87. The van der Waals surface area contributed by atoms with Crippen molar-refractivity contribution in [3.63, 3.8) is 0 Å². The van der Waals surface area contributed by atoms with Crippen molar-refractivity contribution < 1.29 is 14.7 Å². The van der Waals surface area contributed by atoms with Crippen LogP contribution >= 0.6 is 0 Å². The van der Waals surface area contributed by atoms with Gasteiger partial charge in [0.1, 0.15) is 6.29 Å². The normalized spacial score (nSPS) is 8.67. The first-order chi connectivity index (χ1) is 7.15. The Hall–Kier alpha value is -1.68. The Kier molecular flexibility index (Phi) is 6.84. The molecule has 1 aromatic carbocycles. The van der Waals surface area contributed by atoms with Crippen LogP contribution in [0.5, 0.6) is 0 Å². The Morgan fingerprint density at radius 1 is 1.40 bits per heavy atom. The number of carbonyl (C=O) groups is 2. The van der Waals surface area contributed by atoms with Gasteiger partial charge < -0.3 is 15.2 Å². The van der Waals surface area contributed by atoms with Gasteiger partial charge in [-0.2, -0.15) is 0 Å². The van der Waals surface area contributed by atoms with Gasteiger partial charge in [0, 0.05) is 6.54 Å². The van der Waals surface area contributed by atoms with Gasteiger partial charge in [0.05, 0.1) is 5.56 Å². The number of aldehydes is 1. The van der Waals surface area contributed by atoms with E-state index in [9.17, 15) is 4.79 Å². The predicted molar refractivity (Wildman–Crippen MR) is 57.9 cm³/mol. The first-order valence-corrected chi connectivity index (χ1v) is 4.52. The van der Waals surface area contributed by atoms with E-state index in [2.05, 4.69) is 5.32 Å². The maximum absolute atomic E-state index is 10.5. The third-order valence-corrected chi connectivity index (χ3v) is 1.58. The Labute approximate surface area is 88.9 Å². The molecule has 0 bridgehead atoms. The van der Waals surface area contributed by atoms with Crippen molar-refractivity contribution in [1.29, 1.82) is 0 Å². The van der Waals surface area contributed by atoms with Crippen molar-refractivity contribution in [2.24, 2.45) is 0 Å². The van der Waals surface area contributed by atoms with Crippen molar-refractivity contribution in [3.05, 3.63) is 35.4 Å². The minimum atomic E-state index is -0.883. The topological polar surface area (TPSA) is 66.4 Å². The van der Waals surface area contributed by atoms with Crippen molar-refractivity contribution in [3.8, 4) is 0 Å². The molecule has 15 heavy (non-hydrogen) atoms. The smallest absolute Gasteiger partial charge is 0.335 e. The van der Waals surface area contributed by atoms with Crippen LogP contribution in [0.1, 0.15) is 22.8 Å². The molecule has 0 spiro atoms. The van der Waals surface area contributed by atoms with Gasteiger partial charge in [0.25, 0.3) is 0 Å². The van der Waals surface area contributed by atoms with Crippen LogP contribution in [0.15, 0.2) is 24.3 Å². The van der Waals surface area contributed by atoms with Crippen molar-refractivity contribution in [1.82, 2.24) is 5.32 Å². The molecular formula is C11H15NO3. The van der Waals surface area contributed by atoms with Gasteiger partial charge in [-0.15, -0.1) is 0 Å². The van der Waals surface area contributed by atoms with Crippen molar-refractivity contribution in [2.75, 3.05) is 7.05 Å². The van der Waals surface area contributed by atoms with Crippen LogP contribution in [0.25, 0.3) is 0 Å². The third-order valence-electron chi connectivity index (χ3n) is 1.58. The number of hydrogen-bond donors (Lipinski definition) is 2. The van der Waals surface area contributed by atoms with E-state index in [4.69, 9.17) is 9.90 Å². The number of carbonyl (C=O) groups excluding carboxylic acids is 1. The molecule has 0 aliphatic rings. The minimum absolute atomic E-state index is 0.329. The summed E-state index contributed by atoms with van der Waals surface area (Å²) in [6.45, 7) is 2.21. The Morgan fingerprint density at radius 2 is 1.87 bits per heavy atom. The molecule has 4 heteroatoms. The molecule has 0 aliphatic carbocycles. The van der Waals surface area contributed by atoms with Crippen molar-refractivity contribution in [2.45, 2.75) is 13.5 Å². The molecule has 0 aromatic heterocycles. The fourth-order valence-electron chi connectivity index (χ4n) is 0.969. The molecule has 0 fully saturated rings. The zero-order valence-corrected chi connectivity index (χ0v) is 8.86. The maximum atomic E-state index is 10.5. The highest BCUT2D eigenvalue weighted by atomic mass is 16.4. The van der Waals surface area contributed by atoms with Gasteiger partial charge in [-0.05, 0) is 31.7 Å². The average molecular weight is 209 g/mol. The molecule has 1 aromatic rings. The standard InChI is InChI=1S/C9H11NO2.C2H4O/c1-10-6-7-2-4-8(5-3-7)9(11)12;1-2-3/h2-5,10H,6H2,1H3,(H,11,12);2H,1H3. The summed E-state index contributed by atoms with van der Waals surface area (Å²) in [4.78, 5) is 19.3. The molecule has 0 radical (unpaired) electrons. The zero-order chi connectivity index (χ0) is 11.7. The van der Waals surface area contributed by atoms with Crippen LogP contribution < -0.4 is 5.32 Å². The predicted octanol–water partition coefficient (Wildman–Crippen LogP) is 1.31. The van der Waals surface area contributed by atoms with Gasteiger partial charge in [-0.3, -0.25) is 0 Å². The second-order valence-electron chi connectivity index (χ2n) is 2.77. The molecule has 0 heterocycles. The maximum Gasteiger partial charge on any atom is 0.335 e. The summed E-state index contributed by atoms with van der Waals surface area (Å²) >= 11 is 0. The summed E-state index contributed by atoms with van der Waals surface area (Å²) in [6.07, 6.45) is 0.750. The molecule has 0 saturated heterocycles. The largest absolute Gasteiger partial charge is 0.478 e. The molecule has 0 saturated carbocycles. The Bertz CT molecular complexity index is 306. The minimum Gasteiger partial charge on any atom is -0.478 e. The van der Waals surface area contributed by atoms with Crippen LogP contribution in [-0.4, -0.2) is 24.4 Å². The van der Waals surface area contributed by atoms with E-state index in [-0.39, 0.29) is 0 Å². The van der Waals surface area contributed by atoms with Gasteiger partial charge >= 0.3 is 5.97 Å². The lowest BCUT2D eigenvalue weighted by Gasteiger charge is -1.99. The summed E-state index contributed by atoms with van der Waals surface area (Å²) in [5.41, 5.74) is 1.41. The Morgan fingerprint density at radius 3 is 2.20 bits per heavy atom. The number of rotatable bonds is 3. The fourth-order valence-corrected chi connectivity index (χ4v) is 0.969. The number of carboxylic acids is 1. The highest BCUT2D eigenvalue weighted by Crippen LogP contribution is 2.03. The lowest BCUT2D eigenvalue weighted by molar-refractivity contribution is -0.106. The van der Waals surface area contributed by atoms with E-state index >= 15 is 0 Å². The zero-order valence-electron chi connectivity index (χ0n) is 8.86. The van der Waals surface area contributed by atoms with Crippen LogP contribution in [0.3, 0.4) is 0 Å². The second-order valence-corrected chi connectivity index (χ2v) is 2.77. The number of carboxylic acid groups (broad SMARTS) is 1. The number of hydrogen-bond acceptors (Lipinski definition) is 3. The first-order valence-electron chi connectivity index (χ1n) is 4.52. The molecular weight excluding hydrogens is 194 g/mol. The molecule has 0 unspecified atom stereocenters. The van der Waals surface area contributed by atoms with E-state index < -0.39 is 5.97 Å². The van der Waals surface area contributed by atoms with Gasteiger partial charge in [-0.25, -0.2) is 4.79 Å². The quantitative estimate of drug-likeness (QED) is 0.736. The molecule has 82 valence electrons. The molecule has 2 N–H and O–H groups in total. The second kappa shape index (κ2) is 7.70. The number of aromatic carboxylic acids is 1. The lowest BCUT2D eigenvalue weighted by Crippen LogP contribution is -2.05. The average Bonchev–Trinajstić information content (AvgIpc) is 2.20. The molecule has 1 rings (SSSR count). The van der Waals surface area contributed by atoms with E-state index in [1.807, 2.05) is 7.05 Å². The van der Waals surface area contributed by atoms with Gasteiger partial charge in [0.2, 0.25) is 0 Å². The fraction of sp³-hybridized carbons (Fsp3) is 0.273. The monoisotopic (exact) mass is 209 g/mol. The van der Waals surface area contributed by atoms with Gasteiger partial charge in [-0.1, -0.05) is 12.1 Å². The summed E-state index contributed by atoms with van der Waals surface area (Å²) < 4.78 is 0. The summed E-state index contributed by atoms with van der Waals surface area (Å²) in [7, 11) is 1.85.